The number of nitrogens with one attached hydrogen (secondary N) is 1. The van der Waals surface area contributed by atoms with Gasteiger partial charge in [0.25, 0.3) is 0 Å². The first-order valence-corrected chi connectivity index (χ1v) is 5.71. The van der Waals surface area contributed by atoms with Crippen molar-refractivity contribution >= 4 is 28.9 Å². The first kappa shape index (κ1) is 12.4. The molecular formula is C11H13NO3S. The quantitative estimate of drug-likeness (QED) is 0.643. The van der Waals surface area contributed by atoms with E-state index in [1.165, 1.54) is 24.3 Å². The number of hydrogen-bond donors (Lipinski definition) is 1. The number of esters is 1. The molecule has 0 saturated heterocycles. The molecule has 1 amide bonds. The minimum atomic E-state index is -0.459. The fourth-order valence-corrected chi connectivity index (χ4v) is 1.79. The lowest BCUT2D eigenvalue weighted by Crippen LogP contribution is -2.19. The average Bonchev–Trinajstić information content (AvgIpc) is 2.68. The predicted octanol–water partition coefficient (Wildman–Crippen LogP) is 1.79. The molecule has 5 heteroatoms. The van der Waals surface area contributed by atoms with Gasteiger partial charge in [-0.1, -0.05) is 6.07 Å². The van der Waals surface area contributed by atoms with Crippen LogP contribution in [0.2, 0.25) is 0 Å². The van der Waals surface area contributed by atoms with Crippen LogP contribution in [0, 0.1) is 0 Å². The average molecular weight is 239 g/mol. The van der Waals surface area contributed by atoms with Gasteiger partial charge in [0, 0.05) is 13.0 Å². The SMILES string of the molecule is CCOC(=O)/C=C(\NC(C)=O)c1cccs1. The van der Waals surface area contributed by atoms with E-state index in [4.69, 9.17) is 4.74 Å². The normalized spacial score (nSPS) is 11.0. The molecule has 0 aliphatic rings. The zero-order valence-corrected chi connectivity index (χ0v) is 9.97. The van der Waals surface area contributed by atoms with Crippen molar-refractivity contribution in [2.45, 2.75) is 13.8 Å². The van der Waals surface area contributed by atoms with Crippen molar-refractivity contribution in [2.75, 3.05) is 6.61 Å². The summed E-state index contributed by atoms with van der Waals surface area (Å²) in [5, 5.41) is 4.47. The van der Waals surface area contributed by atoms with Crippen LogP contribution in [0.1, 0.15) is 18.7 Å². The largest absolute Gasteiger partial charge is 0.463 e. The smallest absolute Gasteiger partial charge is 0.332 e. The van der Waals surface area contributed by atoms with E-state index >= 15 is 0 Å². The summed E-state index contributed by atoms with van der Waals surface area (Å²) in [6.45, 7) is 3.44. The number of carbonyl (C=O) groups is 2. The van der Waals surface area contributed by atoms with Gasteiger partial charge in [0.1, 0.15) is 0 Å². The highest BCUT2D eigenvalue weighted by Gasteiger charge is 2.07. The molecule has 1 N–H and O–H groups in total. The van der Waals surface area contributed by atoms with Crippen molar-refractivity contribution < 1.29 is 14.3 Å². The van der Waals surface area contributed by atoms with Crippen LogP contribution in [0.5, 0.6) is 0 Å². The van der Waals surface area contributed by atoms with E-state index in [1.807, 2.05) is 17.5 Å². The van der Waals surface area contributed by atoms with Crippen LogP contribution in [0.15, 0.2) is 23.6 Å². The van der Waals surface area contributed by atoms with Gasteiger partial charge in [-0.25, -0.2) is 4.79 Å². The summed E-state index contributed by atoms with van der Waals surface area (Å²) in [6.07, 6.45) is 1.29. The summed E-state index contributed by atoms with van der Waals surface area (Å²) in [4.78, 5) is 23.1. The summed E-state index contributed by atoms with van der Waals surface area (Å²) in [7, 11) is 0. The third kappa shape index (κ3) is 3.86. The minimum absolute atomic E-state index is 0.219. The van der Waals surface area contributed by atoms with Gasteiger partial charge in [0.2, 0.25) is 5.91 Å². The second kappa shape index (κ2) is 6.07. The number of carbonyl (C=O) groups excluding carboxylic acids is 2. The van der Waals surface area contributed by atoms with Crippen LogP contribution >= 0.6 is 11.3 Å². The van der Waals surface area contributed by atoms with E-state index in [0.29, 0.717) is 12.3 Å². The van der Waals surface area contributed by atoms with Gasteiger partial charge >= 0.3 is 5.97 Å². The number of ether oxygens (including phenoxy) is 1. The molecule has 0 aliphatic heterocycles. The molecule has 0 radical (unpaired) electrons. The molecule has 1 heterocycles. The molecule has 0 fully saturated rings. The molecule has 1 aromatic heterocycles. The van der Waals surface area contributed by atoms with Gasteiger partial charge in [-0.3, -0.25) is 4.79 Å². The highest BCUT2D eigenvalue weighted by Crippen LogP contribution is 2.17. The highest BCUT2D eigenvalue weighted by molar-refractivity contribution is 7.11. The van der Waals surface area contributed by atoms with Crippen LogP contribution in [0.25, 0.3) is 5.70 Å². The summed E-state index contributed by atoms with van der Waals surface area (Å²) in [5.74, 6) is -0.677. The third-order valence-corrected chi connectivity index (χ3v) is 2.55. The first-order valence-electron chi connectivity index (χ1n) is 4.83. The molecule has 0 aliphatic carbocycles. The van der Waals surface area contributed by atoms with Crippen molar-refractivity contribution in [3.8, 4) is 0 Å². The zero-order valence-electron chi connectivity index (χ0n) is 9.15. The van der Waals surface area contributed by atoms with E-state index < -0.39 is 5.97 Å². The lowest BCUT2D eigenvalue weighted by molar-refractivity contribution is -0.137. The summed E-state index contributed by atoms with van der Waals surface area (Å²) < 4.78 is 4.79. The Hall–Kier alpha value is -1.62. The molecule has 0 spiro atoms. The molecule has 0 unspecified atom stereocenters. The van der Waals surface area contributed by atoms with Crippen LogP contribution < -0.4 is 5.32 Å². The number of amides is 1. The first-order chi connectivity index (χ1) is 7.63. The molecule has 16 heavy (non-hydrogen) atoms. The van der Waals surface area contributed by atoms with Crippen LogP contribution in [0.3, 0.4) is 0 Å². The monoisotopic (exact) mass is 239 g/mol. The fraction of sp³-hybridized carbons (Fsp3) is 0.273. The van der Waals surface area contributed by atoms with Gasteiger partial charge in [0.15, 0.2) is 0 Å². The Bertz CT molecular complexity index is 395. The van der Waals surface area contributed by atoms with Crippen molar-refractivity contribution in [1.29, 1.82) is 0 Å². The lowest BCUT2D eigenvalue weighted by Gasteiger charge is -2.05. The van der Waals surface area contributed by atoms with Gasteiger partial charge in [0.05, 0.1) is 17.2 Å². The Morgan fingerprint density at radius 2 is 2.31 bits per heavy atom. The highest BCUT2D eigenvalue weighted by atomic mass is 32.1. The Labute approximate surface area is 97.9 Å². The van der Waals surface area contributed by atoms with Gasteiger partial charge < -0.3 is 10.1 Å². The molecule has 1 aromatic rings. The molecule has 1 rings (SSSR count). The number of hydrogen-bond acceptors (Lipinski definition) is 4. The van der Waals surface area contributed by atoms with Crippen molar-refractivity contribution in [3.63, 3.8) is 0 Å². The Balaban J connectivity index is 2.87. The topological polar surface area (TPSA) is 55.4 Å². The minimum Gasteiger partial charge on any atom is -0.463 e. The molecular weight excluding hydrogens is 226 g/mol. The second-order valence-corrected chi connectivity index (χ2v) is 3.92. The number of thiophene rings is 1. The van der Waals surface area contributed by atoms with E-state index in [1.54, 1.807) is 6.92 Å². The zero-order chi connectivity index (χ0) is 12.0. The van der Waals surface area contributed by atoms with Crippen molar-refractivity contribution in [1.82, 2.24) is 5.32 Å². The predicted molar refractivity (Wildman–Crippen MR) is 62.7 cm³/mol. The molecule has 0 saturated carbocycles. The lowest BCUT2D eigenvalue weighted by atomic mass is 10.3. The molecule has 0 atom stereocenters. The maximum absolute atomic E-state index is 11.3. The van der Waals surface area contributed by atoms with Crippen molar-refractivity contribution in [2.24, 2.45) is 0 Å². The summed E-state index contributed by atoms with van der Waals surface area (Å²) in [5.41, 5.74) is 0.473. The van der Waals surface area contributed by atoms with Gasteiger partial charge in [-0.15, -0.1) is 11.3 Å². The maximum Gasteiger partial charge on any atom is 0.332 e. The fourth-order valence-electron chi connectivity index (χ4n) is 1.09. The van der Waals surface area contributed by atoms with Crippen LogP contribution in [0.4, 0.5) is 0 Å². The van der Waals surface area contributed by atoms with E-state index in [9.17, 15) is 9.59 Å². The molecule has 0 bridgehead atoms. The summed E-state index contributed by atoms with van der Waals surface area (Å²) in [6, 6.07) is 3.67. The molecule has 0 aromatic carbocycles. The van der Waals surface area contributed by atoms with Crippen LogP contribution in [-0.4, -0.2) is 18.5 Å². The molecule has 4 nitrogen and oxygen atoms in total. The third-order valence-electron chi connectivity index (χ3n) is 1.65. The Morgan fingerprint density at radius 1 is 1.56 bits per heavy atom. The summed E-state index contributed by atoms with van der Waals surface area (Å²) >= 11 is 1.44. The van der Waals surface area contributed by atoms with Gasteiger partial charge in [-0.05, 0) is 18.4 Å². The van der Waals surface area contributed by atoms with E-state index in [2.05, 4.69) is 5.32 Å². The maximum atomic E-state index is 11.3. The standard InChI is InChI=1S/C11H13NO3S/c1-3-15-11(14)7-9(12-8(2)13)10-5-4-6-16-10/h4-7H,3H2,1-2H3,(H,12,13)/b9-7-. The second-order valence-electron chi connectivity index (χ2n) is 2.97. The van der Waals surface area contributed by atoms with Crippen LogP contribution in [-0.2, 0) is 14.3 Å². The Morgan fingerprint density at radius 3 is 2.81 bits per heavy atom. The van der Waals surface area contributed by atoms with E-state index in [0.717, 1.165) is 4.88 Å². The van der Waals surface area contributed by atoms with Crippen molar-refractivity contribution in [3.05, 3.63) is 28.5 Å². The molecule has 86 valence electrons. The van der Waals surface area contributed by atoms with E-state index in [-0.39, 0.29) is 5.91 Å². The Kier molecular flexibility index (Phi) is 4.72. The van der Waals surface area contributed by atoms with Gasteiger partial charge in [-0.2, -0.15) is 0 Å². The number of rotatable bonds is 4.